The number of amides is 2. The zero-order valence-corrected chi connectivity index (χ0v) is 11.9. The minimum atomic E-state index is -1.16. The van der Waals surface area contributed by atoms with Crippen molar-refractivity contribution in [3.63, 3.8) is 0 Å². The van der Waals surface area contributed by atoms with E-state index in [1.54, 1.807) is 20.8 Å². The van der Waals surface area contributed by atoms with Crippen molar-refractivity contribution in [3.8, 4) is 0 Å². The molecule has 1 saturated carbocycles. The number of carboxylic acids is 1. The number of carboxylic acid groups (broad SMARTS) is 1. The summed E-state index contributed by atoms with van der Waals surface area (Å²) in [5.74, 6) is -3.08. The maximum absolute atomic E-state index is 12.1. The van der Waals surface area contributed by atoms with Crippen molar-refractivity contribution in [1.82, 2.24) is 10.2 Å². The molecule has 1 fully saturated rings. The Bertz CT molecular complexity index is 383. The average molecular weight is 270 g/mol. The smallest absolute Gasteiger partial charge is 0.316 e. The molecule has 0 heterocycles. The van der Waals surface area contributed by atoms with E-state index in [1.807, 2.05) is 0 Å². The summed E-state index contributed by atoms with van der Waals surface area (Å²) in [7, 11) is 1.45. The largest absolute Gasteiger partial charge is 0.481 e. The molecule has 6 nitrogen and oxygen atoms in total. The van der Waals surface area contributed by atoms with E-state index in [1.165, 1.54) is 11.9 Å². The highest BCUT2D eigenvalue weighted by molar-refractivity contribution is 5.99. The normalized spacial score (nSPS) is 16.6. The molecule has 2 N–H and O–H groups in total. The Balaban J connectivity index is 2.62. The molecule has 1 aliphatic rings. The molecule has 19 heavy (non-hydrogen) atoms. The maximum atomic E-state index is 12.1. The molecule has 0 aliphatic heterocycles. The van der Waals surface area contributed by atoms with Crippen LogP contribution in [0.3, 0.4) is 0 Å². The molecule has 0 radical (unpaired) electrons. The lowest BCUT2D eigenvalue weighted by molar-refractivity contribution is -0.156. The molecule has 108 valence electrons. The molecule has 1 aliphatic carbocycles. The number of aliphatic carboxylic acids is 1. The molecular formula is C13H22N2O4. The Kier molecular flexibility index (Phi) is 4.55. The Labute approximate surface area is 113 Å². The van der Waals surface area contributed by atoms with Crippen LogP contribution in [0, 0.1) is 11.3 Å². The van der Waals surface area contributed by atoms with E-state index in [9.17, 15) is 14.4 Å². The van der Waals surface area contributed by atoms with E-state index in [-0.39, 0.29) is 18.5 Å². The van der Waals surface area contributed by atoms with Gasteiger partial charge >= 0.3 is 5.97 Å². The quantitative estimate of drug-likeness (QED) is 0.711. The van der Waals surface area contributed by atoms with Gasteiger partial charge < -0.3 is 15.3 Å². The van der Waals surface area contributed by atoms with Crippen molar-refractivity contribution in [3.05, 3.63) is 0 Å². The Morgan fingerprint density at radius 2 is 1.84 bits per heavy atom. The van der Waals surface area contributed by atoms with E-state index in [0.29, 0.717) is 0 Å². The second-order valence-electron chi connectivity index (χ2n) is 6.17. The number of hydrogen-bond acceptors (Lipinski definition) is 3. The van der Waals surface area contributed by atoms with E-state index in [0.717, 1.165) is 12.8 Å². The van der Waals surface area contributed by atoms with Gasteiger partial charge in [-0.3, -0.25) is 14.4 Å². The molecule has 1 unspecified atom stereocenters. The minimum absolute atomic E-state index is 0.102. The van der Waals surface area contributed by atoms with Crippen molar-refractivity contribution < 1.29 is 19.5 Å². The molecule has 0 saturated heterocycles. The van der Waals surface area contributed by atoms with Crippen LogP contribution in [0.15, 0.2) is 0 Å². The van der Waals surface area contributed by atoms with Gasteiger partial charge in [0.15, 0.2) is 0 Å². The highest BCUT2D eigenvalue weighted by Crippen LogP contribution is 2.27. The van der Waals surface area contributed by atoms with Gasteiger partial charge in [-0.15, -0.1) is 0 Å². The lowest BCUT2D eigenvalue weighted by Gasteiger charge is -2.29. The zero-order chi connectivity index (χ0) is 14.8. The number of nitrogens with one attached hydrogen (secondary N) is 1. The summed E-state index contributed by atoms with van der Waals surface area (Å²) in [5, 5.41) is 11.9. The average Bonchev–Trinajstić information content (AvgIpc) is 2.97. The zero-order valence-electron chi connectivity index (χ0n) is 11.9. The fourth-order valence-electron chi connectivity index (χ4n) is 1.86. The van der Waals surface area contributed by atoms with Crippen molar-refractivity contribution in [2.45, 2.75) is 39.7 Å². The van der Waals surface area contributed by atoms with Gasteiger partial charge in [-0.2, -0.15) is 0 Å². The highest BCUT2D eigenvalue weighted by atomic mass is 16.4. The van der Waals surface area contributed by atoms with Crippen LogP contribution in [-0.2, 0) is 14.4 Å². The number of hydrogen-bond donors (Lipinski definition) is 2. The van der Waals surface area contributed by atoms with Crippen LogP contribution < -0.4 is 5.32 Å². The van der Waals surface area contributed by atoms with Gasteiger partial charge in [-0.25, -0.2) is 0 Å². The predicted molar refractivity (Wildman–Crippen MR) is 69.4 cm³/mol. The molecule has 0 spiro atoms. The topological polar surface area (TPSA) is 86.7 Å². The molecule has 6 heteroatoms. The van der Waals surface area contributed by atoms with Gasteiger partial charge in [0.25, 0.3) is 0 Å². The Hall–Kier alpha value is -1.59. The maximum Gasteiger partial charge on any atom is 0.316 e. The fourth-order valence-corrected chi connectivity index (χ4v) is 1.86. The summed E-state index contributed by atoms with van der Waals surface area (Å²) >= 11 is 0. The molecule has 1 rings (SSSR count). The van der Waals surface area contributed by atoms with Gasteiger partial charge in [0.2, 0.25) is 11.8 Å². The van der Waals surface area contributed by atoms with Gasteiger partial charge in [0, 0.05) is 13.1 Å². The lowest BCUT2D eigenvalue weighted by Crippen LogP contribution is -2.47. The molecule has 0 bridgehead atoms. The van der Waals surface area contributed by atoms with Gasteiger partial charge in [0.05, 0.1) is 6.54 Å². The van der Waals surface area contributed by atoms with E-state index in [2.05, 4.69) is 5.32 Å². The standard InChI is InChI=1S/C13H22N2O4/c1-13(2,3)10(12(18)19)11(17)15(4)7-9(16)14-8-5-6-8/h8,10H,5-7H2,1-4H3,(H,14,16)(H,18,19). The van der Waals surface area contributed by atoms with Crippen molar-refractivity contribution >= 4 is 17.8 Å². The Morgan fingerprint density at radius 1 is 1.32 bits per heavy atom. The third-order valence-corrected chi connectivity index (χ3v) is 3.06. The molecule has 2 amide bonds. The number of carbonyl (C=O) groups excluding carboxylic acids is 2. The van der Waals surface area contributed by atoms with Crippen LogP contribution in [0.1, 0.15) is 33.6 Å². The van der Waals surface area contributed by atoms with Gasteiger partial charge in [-0.05, 0) is 18.3 Å². The second kappa shape index (κ2) is 5.59. The first-order chi connectivity index (χ1) is 8.62. The molecule has 0 aromatic rings. The summed E-state index contributed by atoms with van der Waals surface area (Å²) in [6.07, 6.45) is 1.95. The van der Waals surface area contributed by atoms with Crippen molar-refractivity contribution in [2.75, 3.05) is 13.6 Å². The summed E-state index contributed by atoms with van der Waals surface area (Å²) in [6, 6.07) is 0.230. The first-order valence-electron chi connectivity index (χ1n) is 6.40. The van der Waals surface area contributed by atoms with E-state index < -0.39 is 23.2 Å². The first-order valence-corrected chi connectivity index (χ1v) is 6.40. The number of nitrogens with zero attached hydrogens (tertiary/aromatic N) is 1. The first kappa shape index (κ1) is 15.5. The summed E-state index contributed by atoms with van der Waals surface area (Å²) in [4.78, 5) is 36.1. The highest BCUT2D eigenvalue weighted by Gasteiger charge is 2.39. The second-order valence-corrected chi connectivity index (χ2v) is 6.17. The van der Waals surface area contributed by atoms with Gasteiger partial charge in [0.1, 0.15) is 5.92 Å². The molecule has 0 aromatic heterocycles. The van der Waals surface area contributed by atoms with Crippen LogP contribution in [-0.4, -0.2) is 47.4 Å². The Morgan fingerprint density at radius 3 is 2.21 bits per heavy atom. The summed E-state index contributed by atoms with van der Waals surface area (Å²) < 4.78 is 0. The van der Waals surface area contributed by atoms with E-state index >= 15 is 0 Å². The monoisotopic (exact) mass is 270 g/mol. The lowest BCUT2D eigenvalue weighted by atomic mass is 9.80. The van der Waals surface area contributed by atoms with Crippen LogP contribution in [0.5, 0.6) is 0 Å². The number of carbonyl (C=O) groups is 3. The van der Waals surface area contributed by atoms with Crippen LogP contribution in [0.25, 0.3) is 0 Å². The summed E-state index contributed by atoms with van der Waals surface area (Å²) in [6.45, 7) is 4.99. The van der Waals surface area contributed by atoms with Crippen LogP contribution >= 0.6 is 0 Å². The minimum Gasteiger partial charge on any atom is -0.481 e. The molecule has 0 aromatic carbocycles. The number of likely N-dealkylation sites (N-methyl/N-ethyl adjacent to an activating group) is 1. The van der Waals surface area contributed by atoms with Crippen LogP contribution in [0.2, 0.25) is 0 Å². The van der Waals surface area contributed by atoms with E-state index in [4.69, 9.17) is 5.11 Å². The third-order valence-electron chi connectivity index (χ3n) is 3.06. The van der Waals surface area contributed by atoms with Gasteiger partial charge in [-0.1, -0.05) is 20.8 Å². The fraction of sp³-hybridized carbons (Fsp3) is 0.769. The van der Waals surface area contributed by atoms with Crippen molar-refractivity contribution in [2.24, 2.45) is 11.3 Å². The molecule has 1 atom stereocenters. The predicted octanol–water partition coefficient (Wildman–Crippen LogP) is 0.470. The third kappa shape index (κ3) is 4.54. The molecular weight excluding hydrogens is 248 g/mol. The summed E-state index contributed by atoms with van der Waals surface area (Å²) in [5.41, 5.74) is -0.690. The van der Waals surface area contributed by atoms with Crippen LogP contribution in [0.4, 0.5) is 0 Å². The van der Waals surface area contributed by atoms with Crippen molar-refractivity contribution in [1.29, 1.82) is 0 Å². The SMILES string of the molecule is CN(CC(=O)NC1CC1)C(=O)C(C(=O)O)C(C)(C)C. The number of rotatable bonds is 5.